The lowest BCUT2D eigenvalue weighted by Crippen LogP contribution is -2.47. The predicted molar refractivity (Wildman–Crippen MR) is 133 cm³/mol. The number of nitrogens with one attached hydrogen (secondary N) is 1. The Bertz CT molecular complexity index is 1170. The fourth-order valence-electron chi connectivity index (χ4n) is 3.76. The maximum absolute atomic E-state index is 13.5. The molecule has 1 aromatic heterocycles. The lowest BCUT2D eigenvalue weighted by Gasteiger charge is -2.33. The third-order valence-corrected chi connectivity index (χ3v) is 6.65. The maximum Gasteiger partial charge on any atom is 0.259 e. The molecular formula is C23H23BrCl2N4O2. The third-order valence-electron chi connectivity index (χ3n) is 5.59. The third kappa shape index (κ3) is 4.81. The van der Waals surface area contributed by atoms with Crippen molar-refractivity contribution in [1.82, 2.24) is 14.8 Å². The van der Waals surface area contributed by atoms with E-state index in [0.29, 0.717) is 47.2 Å². The van der Waals surface area contributed by atoms with E-state index in [1.807, 2.05) is 41.3 Å². The second-order valence-electron chi connectivity index (χ2n) is 7.73. The lowest BCUT2D eigenvalue weighted by atomic mass is 10.1. The quantitative estimate of drug-likeness (QED) is 0.447. The first kappa shape index (κ1) is 23.1. The Morgan fingerprint density at radius 3 is 2.59 bits per heavy atom. The summed E-state index contributed by atoms with van der Waals surface area (Å²) in [5, 5.41) is 4.97. The molecule has 2 heterocycles. The van der Waals surface area contributed by atoms with Crippen LogP contribution in [0.3, 0.4) is 0 Å². The summed E-state index contributed by atoms with van der Waals surface area (Å²) in [6.45, 7) is 3.40. The molecule has 6 nitrogen and oxygen atoms in total. The summed E-state index contributed by atoms with van der Waals surface area (Å²) >= 11 is 16.4. The highest BCUT2D eigenvalue weighted by Crippen LogP contribution is 2.35. The van der Waals surface area contributed by atoms with Crippen molar-refractivity contribution in [1.29, 1.82) is 0 Å². The fraction of sp³-hybridized carbons (Fsp3) is 0.304. The Morgan fingerprint density at radius 1 is 1.16 bits per heavy atom. The average Bonchev–Trinajstić information content (AvgIpc) is 2.78. The fourth-order valence-corrected chi connectivity index (χ4v) is 4.67. The van der Waals surface area contributed by atoms with Crippen LogP contribution in [0.2, 0.25) is 10.2 Å². The van der Waals surface area contributed by atoms with Gasteiger partial charge in [0.1, 0.15) is 16.5 Å². The van der Waals surface area contributed by atoms with Crippen molar-refractivity contribution >= 4 is 61.6 Å². The van der Waals surface area contributed by atoms with Crippen LogP contribution in [0.25, 0.3) is 10.9 Å². The highest BCUT2D eigenvalue weighted by atomic mass is 79.9. The number of anilines is 1. The van der Waals surface area contributed by atoms with Crippen molar-refractivity contribution in [2.75, 3.05) is 45.7 Å². The summed E-state index contributed by atoms with van der Waals surface area (Å²) in [4.78, 5) is 22.1. The van der Waals surface area contributed by atoms with E-state index < -0.39 is 0 Å². The molecular weight excluding hydrogens is 515 g/mol. The molecule has 0 radical (unpaired) electrons. The second-order valence-corrected chi connectivity index (χ2v) is 9.41. The van der Waals surface area contributed by atoms with Gasteiger partial charge in [0, 0.05) is 42.6 Å². The van der Waals surface area contributed by atoms with Crippen molar-refractivity contribution in [2.45, 2.75) is 6.54 Å². The van der Waals surface area contributed by atoms with Crippen LogP contribution in [0, 0.1) is 0 Å². The molecule has 0 unspecified atom stereocenters. The van der Waals surface area contributed by atoms with Gasteiger partial charge >= 0.3 is 0 Å². The summed E-state index contributed by atoms with van der Waals surface area (Å²) < 4.78 is 6.13. The minimum atomic E-state index is -0.118. The van der Waals surface area contributed by atoms with Crippen LogP contribution < -0.4 is 10.1 Å². The van der Waals surface area contributed by atoms with Gasteiger partial charge in [-0.3, -0.25) is 4.79 Å². The SMILES string of the molecule is COc1ccc(CNc2c(C(=O)N3CCN(C)CC3)c(Cl)nc3ccc(Br)cc23)cc1Cl. The summed E-state index contributed by atoms with van der Waals surface area (Å²) in [5.41, 5.74) is 2.71. The Hall–Kier alpha value is -2.06. The molecule has 4 rings (SSSR count). The molecule has 3 aromatic rings. The lowest BCUT2D eigenvalue weighted by molar-refractivity contribution is 0.0665. The van der Waals surface area contributed by atoms with Crippen molar-refractivity contribution in [3.8, 4) is 5.75 Å². The zero-order chi connectivity index (χ0) is 22.8. The Kier molecular flexibility index (Phi) is 7.10. The number of aromatic nitrogens is 1. The van der Waals surface area contributed by atoms with Gasteiger partial charge in [-0.15, -0.1) is 0 Å². The number of fused-ring (bicyclic) bond motifs is 1. The van der Waals surface area contributed by atoms with E-state index >= 15 is 0 Å². The standard InChI is InChI=1S/C23H23BrCl2N4O2/c1-29-7-9-30(10-8-29)23(31)20-21(16-12-15(24)4-5-18(16)28-22(20)26)27-13-14-3-6-19(32-2)17(25)11-14/h3-6,11-12H,7-10,13H2,1-2H3,(H,27,28). The number of pyridine rings is 1. The van der Waals surface area contributed by atoms with Gasteiger partial charge in [0.15, 0.2) is 0 Å². The van der Waals surface area contributed by atoms with Gasteiger partial charge in [-0.2, -0.15) is 0 Å². The highest BCUT2D eigenvalue weighted by molar-refractivity contribution is 9.10. The maximum atomic E-state index is 13.5. The molecule has 168 valence electrons. The Morgan fingerprint density at radius 2 is 1.91 bits per heavy atom. The number of carbonyl (C=O) groups excluding carboxylic acids is 1. The van der Waals surface area contributed by atoms with E-state index in [-0.39, 0.29) is 11.1 Å². The summed E-state index contributed by atoms with van der Waals surface area (Å²) in [5.74, 6) is 0.496. The molecule has 1 saturated heterocycles. The number of methoxy groups -OCH3 is 1. The van der Waals surface area contributed by atoms with Crippen molar-refractivity contribution in [3.63, 3.8) is 0 Å². The number of carbonyl (C=O) groups is 1. The number of rotatable bonds is 5. The molecule has 2 aromatic carbocycles. The molecule has 0 spiro atoms. The van der Waals surface area contributed by atoms with Gasteiger partial charge in [-0.1, -0.05) is 45.2 Å². The molecule has 0 saturated carbocycles. The highest BCUT2D eigenvalue weighted by Gasteiger charge is 2.27. The number of piperazine rings is 1. The summed E-state index contributed by atoms with van der Waals surface area (Å²) in [7, 11) is 3.63. The summed E-state index contributed by atoms with van der Waals surface area (Å²) in [6, 6.07) is 11.3. The van der Waals surface area contributed by atoms with Crippen molar-refractivity contribution in [3.05, 3.63) is 62.2 Å². The van der Waals surface area contributed by atoms with E-state index in [1.165, 1.54) is 0 Å². The van der Waals surface area contributed by atoms with E-state index in [1.54, 1.807) is 7.11 Å². The van der Waals surface area contributed by atoms with Crippen LogP contribution in [0.4, 0.5) is 5.69 Å². The molecule has 1 fully saturated rings. The van der Waals surface area contributed by atoms with E-state index in [0.717, 1.165) is 28.5 Å². The number of halogens is 3. The molecule has 1 aliphatic rings. The zero-order valence-corrected chi connectivity index (χ0v) is 20.9. The van der Waals surface area contributed by atoms with Crippen LogP contribution in [0.5, 0.6) is 5.75 Å². The van der Waals surface area contributed by atoms with E-state index in [4.69, 9.17) is 27.9 Å². The molecule has 0 aliphatic carbocycles. The minimum absolute atomic E-state index is 0.118. The van der Waals surface area contributed by atoms with Crippen LogP contribution in [-0.2, 0) is 6.54 Å². The van der Waals surface area contributed by atoms with Crippen LogP contribution in [0.15, 0.2) is 40.9 Å². The van der Waals surface area contributed by atoms with Crippen molar-refractivity contribution < 1.29 is 9.53 Å². The number of likely N-dealkylation sites (N-methyl/N-ethyl adjacent to an activating group) is 1. The van der Waals surface area contributed by atoms with Crippen LogP contribution >= 0.6 is 39.1 Å². The predicted octanol–water partition coefficient (Wildman–Crippen LogP) is 5.31. The Labute approximate surface area is 205 Å². The molecule has 0 bridgehead atoms. The average molecular weight is 538 g/mol. The molecule has 1 N–H and O–H groups in total. The normalized spacial score (nSPS) is 14.6. The number of hydrogen-bond acceptors (Lipinski definition) is 5. The summed E-state index contributed by atoms with van der Waals surface area (Å²) in [6.07, 6.45) is 0. The van der Waals surface area contributed by atoms with Gasteiger partial charge in [-0.05, 0) is 42.9 Å². The largest absolute Gasteiger partial charge is 0.495 e. The molecule has 32 heavy (non-hydrogen) atoms. The second kappa shape index (κ2) is 9.83. The van der Waals surface area contributed by atoms with Gasteiger partial charge in [-0.25, -0.2) is 4.98 Å². The first-order valence-electron chi connectivity index (χ1n) is 10.2. The number of hydrogen-bond donors (Lipinski definition) is 1. The monoisotopic (exact) mass is 536 g/mol. The van der Waals surface area contributed by atoms with Gasteiger partial charge in [0.05, 0.1) is 23.3 Å². The van der Waals surface area contributed by atoms with Crippen LogP contribution in [0.1, 0.15) is 15.9 Å². The number of benzene rings is 2. The first-order chi connectivity index (χ1) is 15.4. The molecule has 1 aliphatic heterocycles. The zero-order valence-electron chi connectivity index (χ0n) is 17.8. The van der Waals surface area contributed by atoms with Gasteiger partial charge in [0.25, 0.3) is 5.91 Å². The van der Waals surface area contributed by atoms with Gasteiger partial charge in [0.2, 0.25) is 0 Å². The topological polar surface area (TPSA) is 57.7 Å². The first-order valence-corrected chi connectivity index (χ1v) is 11.7. The molecule has 9 heteroatoms. The minimum Gasteiger partial charge on any atom is -0.495 e. The number of amides is 1. The van der Waals surface area contributed by atoms with Crippen LogP contribution in [-0.4, -0.2) is 61.0 Å². The smallest absolute Gasteiger partial charge is 0.259 e. The van der Waals surface area contributed by atoms with Gasteiger partial charge < -0.3 is 19.9 Å². The van der Waals surface area contributed by atoms with Crippen molar-refractivity contribution in [2.24, 2.45) is 0 Å². The number of nitrogens with zero attached hydrogens (tertiary/aromatic N) is 3. The number of ether oxygens (including phenoxy) is 1. The molecule has 1 amide bonds. The van der Waals surface area contributed by atoms with E-state index in [2.05, 4.69) is 38.2 Å². The molecule has 0 atom stereocenters. The Balaban J connectivity index is 1.74. The van der Waals surface area contributed by atoms with E-state index in [9.17, 15) is 4.79 Å².